The Labute approximate surface area is 101 Å². The third-order valence-corrected chi connectivity index (χ3v) is 3.67. The van der Waals surface area contributed by atoms with Crippen LogP contribution in [0.4, 0.5) is 0 Å². The largest absolute Gasteiger partial charge is 0.316 e. The number of rotatable bonds is 3. The minimum absolute atomic E-state index is 0.923. The molecule has 0 bridgehead atoms. The van der Waals surface area contributed by atoms with Gasteiger partial charge in [0.1, 0.15) is 0 Å². The van der Waals surface area contributed by atoms with Gasteiger partial charge in [0.05, 0.1) is 0 Å². The Balaban J connectivity index is 2.48. The molecule has 0 spiro atoms. The summed E-state index contributed by atoms with van der Waals surface area (Å²) in [4.78, 5) is 2.73. The van der Waals surface area contributed by atoms with Gasteiger partial charge in [0.25, 0.3) is 0 Å². The lowest BCUT2D eigenvalue weighted by molar-refractivity contribution is 0.819. The van der Waals surface area contributed by atoms with Crippen molar-refractivity contribution < 1.29 is 0 Å². The Morgan fingerprint density at radius 2 is 1.94 bits per heavy atom. The lowest BCUT2D eigenvalue weighted by Crippen LogP contribution is -2.06. The van der Waals surface area contributed by atoms with Crippen LogP contribution < -0.4 is 5.32 Å². The first kappa shape index (κ1) is 11.4. The standard InChI is InChI=1S/C14H17NS/c1-10-4-6-12(9-15-3)13(8-10)14-7-5-11(2)16-14/h4-8,15H,9H2,1-3H3. The SMILES string of the molecule is CNCc1ccc(C)cc1-c1ccc(C)s1. The van der Waals surface area contributed by atoms with Gasteiger partial charge in [-0.25, -0.2) is 0 Å². The predicted molar refractivity (Wildman–Crippen MR) is 72.0 cm³/mol. The molecule has 0 atom stereocenters. The van der Waals surface area contributed by atoms with E-state index in [1.54, 1.807) is 0 Å². The van der Waals surface area contributed by atoms with Crippen molar-refractivity contribution in [2.75, 3.05) is 7.05 Å². The number of hydrogen-bond acceptors (Lipinski definition) is 2. The van der Waals surface area contributed by atoms with Crippen LogP contribution in [-0.4, -0.2) is 7.05 Å². The Hall–Kier alpha value is -1.12. The Morgan fingerprint density at radius 3 is 2.56 bits per heavy atom. The zero-order valence-electron chi connectivity index (χ0n) is 10.0. The lowest BCUT2D eigenvalue weighted by Gasteiger charge is -2.08. The van der Waals surface area contributed by atoms with Crippen molar-refractivity contribution in [3.63, 3.8) is 0 Å². The van der Waals surface area contributed by atoms with Crippen LogP contribution in [0.25, 0.3) is 10.4 Å². The fraction of sp³-hybridized carbons (Fsp3) is 0.286. The minimum Gasteiger partial charge on any atom is -0.316 e. The van der Waals surface area contributed by atoms with Gasteiger partial charge in [-0.05, 0) is 44.2 Å². The van der Waals surface area contributed by atoms with Crippen molar-refractivity contribution in [2.24, 2.45) is 0 Å². The molecule has 0 saturated carbocycles. The van der Waals surface area contributed by atoms with Gasteiger partial charge >= 0.3 is 0 Å². The highest BCUT2D eigenvalue weighted by Crippen LogP contribution is 2.31. The van der Waals surface area contributed by atoms with Gasteiger partial charge in [-0.15, -0.1) is 11.3 Å². The van der Waals surface area contributed by atoms with E-state index in [2.05, 4.69) is 49.5 Å². The second-order valence-corrected chi connectivity index (χ2v) is 5.39. The Bertz CT molecular complexity index is 485. The summed E-state index contributed by atoms with van der Waals surface area (Å²) < 4.78 is 0. The van der Waals surface area contributed by atoms with E-state index >= 15 is 0 Å². The summed E-state index contributed by atoms with van der Waals surface area (Å²) in [5.41, 5.74) is 4.06. The normalized spacial score (nSPS) is 10.7. The van der Waals surface area contributed by atoms with Crippen molar-refractivity contribution in [1.82, 2.24) is 5.32 Å². The molecule has 1 aromatic carbocycles. The Morgan fingerprint density at radius 1 is 1.12 bits per heavy atom. The van der Waals surface area contributed by atoms with E-state index in [0.29, 0.717) is 0 Å². The van der Waals surface area contributed by atoms with E-state index in [1.165, 1.54) is 26.4 Å². The summed E-state index contributed by atoms with van der Waals surface area (Å²) in [6, 6.07) is 11.1. The molecule has 0 radical (unpaired) electrons. The highest BCUT2D eigenvalue weighted by molar-refractivity contribution is 7.15. The molecule has 0 aliphatic rings. The van der Waals surface area contributed by atoms with E-state index < -0.39 is 0 Å². The molecule has 1 nitrogen and oxygen atoms in total. The number of benzene rings is 1. The smallest absolute Gasteiger partial charge is 0.0348 e. The van der Waals surface area contributed by atoms with Crippen LogP contribution in [0.15, 0.2) is 30.3 Å². The molecule has 2 aromatic rings. The third-order valence-electron chi connectivity index (χ3n) is 2.64. The van der Waals surface area contributed by atoms with Gasteiger partial charge in [-0.1, -0.05) is 23.8 Å². The highest BCUT2D eigenvalue weighted by Gasteiger charge is 2.06. The average Bonchev–Trinajstić information content (AvgIpc) is 2.68. The van der Waals surface area contributed by atoms with E-state index in [0.717, 1.165) is 6.54 Å². The van der Waals surface area contributed by atoms with Gasteiger partial charge in [0.2, 0.25) is 0 Å². The first-order chi connectivity index (χ1) is 7.70. The number of nitrogens with one attached hydrogen (secondary N) is 1. The molecule has 1 aromatic heterocycles. The van der Waals surface area contributed by atoms with Crippen LogP contribution in [0.5, 0.6) is 0 Å². The molecule has 0 amide bonds. The first-order valence-electron chi connectivity index (χ1n) is 5.51. The summed E-state index contributed by atoms with van der Waals surface area (Å²) in [7, 11) is 1.99. The number of thiophene rings is 1. The quantitative estimate of drug-likeness (QED) is 0.848. The van der Waals surface area contributed by atoms with E-state index in [4.69, 9.17) is 0 Å². The van der Waals surface area contributed by atoms with Crippen LogP contribution in [0.2, 0.25) is 0 Å². The van der Waals surface area contributed by atoms with Crippen LogP contribution >= 0.6 is 11.3 Å². The molecule has 2 rings (SSSR count). The van der Waals surface area contributed by atoms with Crippen molar-refractivity contribution in [3.8, 4) is 10.4 Å². The maximum Gasteiger partial charge on any atom is 0.0348 e. The second kappa shape index (κ2) is 4.81. The van der Waals surface area contributed by atoms with Crippen LogP contribution in [0, 0.1) is 13.8 Å². The molecule has 1 heterocycles. The van der Waals surface area contributed by atoms with Crippen molar-refractivity contribution in [2.45, 2.75) is 20.4 Å². The second-order valence-electron chi connectivity index (χ2n) is 4.10. The average molecular weight is 231 g/mol. The molecule has 0 aliphatic heterocycles. The molecule has 16 heavy (non-hydrogen) atoms. The summed E-state index contributed by atoms with van der Waals surface area (Å²) in [6.07, 6.45) is 0. The molecule has 84 valence electrons. The van der Waals surface area contributed by atoms with Crippen molar-refractivity contribution in [1.29, 1.82) is 0 Å². The van der Waals surface area contributed by atoms with Gasteiger partial charge in [-0.2, -0.15) is 0 Å². The maximum atomic E-state index is 3.23. The fourth-order valence-electron chi connectivity index (χ4n) is 1.84. The van der Waals surface area contributed by atoms with E-state index in [1.807, 2.05) is 18.4 Å². The zero-order valence-corrected chi connectivity index (χ0v) is 10.8. The lowest BCUT2D eigenvalue weighted by atomic mass is 10.0. The van der Waals surface area contributed by atoms with Gasteiger partial charge in [0.15, 0.2) is 0 Å². The highest BCUT2D eigenvalue weighted by atomic mass is 32.1. The van der Waals surface area contributed by atoms with E-state index in [-0.39, 0.29) is 0 Å². The molecule has 0 fully saturated rings. The topological polar surface area (TPSA) is 12.0 Å². The fourth-order valence-corrected chi connectivity index (χ4v) is 2.76. The third kappa shape index (κ3) is 2.34. The first-order valence-corrected chi connectivity index (χ1v) is 6.33. The molecule has 2 heteroatoms. The number of aryl methyl sites for hydroxylation is 2. The van der Waals surface area contributed by atoms with Crippen LogP contribution in [-0.2, 0) is 6.54 Å². The summed E-state index contributed by atoms with van der Waals surface area (Å²) >= 11 is 1.86. The summed E-state index contributed by atoms with van der Waals surface area (Å²) in [5, 5.41) is 3.23. The van der Waals surface area contributed by atoms with Gasteiger partial charge in [0, 0.05) is 16.3 Å². The van der Waals surface area contributed by atoms with Crippen molar-refractivity contribution in [3.05, 3.63) is 46.3 Å². The van der Waals surface area contributed by atoms with Gasteiger partial charge < -0.3 is 5.32 Å². The molecule has 0 unspecified atom stereocenters. The van der Waals surface area contributed by atoms with Crippen LogP contribution in [0.1, 0.15) is 16.0 Å². The van der Waals surface area contributed by atoms with Gasteiger partial charge in [-0.3, -0.25) is 0 Å². The van der Waals surface area contributed by atoms with Crippen LogP contribution in [0.3, 0.4) is 0 Å². The molecular formula is C14H17NS. The predicted octanol–water partition coefficient (Wildman–Crippen LogP) is 3.75. The molecular weight excluding hydrogens is 214 g/mol. The summed E-state index contributed by atoms with van der Waals surface area (Å²) in [6.45, 7) is 5.22. The zero-order chi connectivity index (χ0) is 11.5. The van der Waals surface area contributed by atoms with Crippen molar-refractivity contribution >= 4 is 11.3 Å². The number of hydrogen-bond donors (Lipinski definition) is 1. The Kier molecular flexibility index (Phi) is 3.42. The molecule has 0 saturated heterocycles. The monoisotopic (exact) mass is 231 g/mol. The molecule has 1 N–H and O–H groups in total. The molecule has 0 aliphatic carbocycles. The minimum atomic E-state index is 0.923. The maximum absolute atomic E-state index is 3.23. The summed E-state index contributed by atoms with van der Waals surface area (Å²) in [5.74, 6) is 0. The van der Waals surface area contributed by atoms with E-state index in [9.17, 15) is 0 Å².